The number of carboxylic acid groups (broad SMARTS) is 1. The van der Waals surface area contributed by atoms with Gasteiger partial charge in [0.15, 0.2) is 0 Å². The lowest BCUT2D eigenvalue weighted by atomic mass is 10.0. The van der Waals surface area contributed by atoms with Crippen LogP contribution in [-0.2, 0) is 36.8 Å². The van der Waals surface area contributed by atoms with E-state index in [1.165, 1.54) is 24.7 Å². The van der Waals surface area contributed by atoms with Crippen LogP contribution in [0.15, 0.2) is 36.8 Å². The van der Waals surface area contributed by atoms with Crippen molar-refractivity contribution in [2.24, 2.45) is 11.7 Å². The van der Waals surface area contributed by atoms with Crippen molar-refractivity contribution >= 4 is 30.0 Å². The van der Waals surface area contributed by atoms with Gasteiger partial charge in [0.05, 0.1) is 30.5 Å². The summed E-state index contributed by atoms with van der Waals surface area (Å²) in [5.74, 6) is -3.62. The molecule has 4 atom stereocenters. The number of amides is 3. The molecule has 0 aliphatic rings. The highest BCUT2D eigenvalue weighted by atomic mass is 16.4. The van der Waals surface area contributed by atoms with Crippen molar-refractivity contribution in [1.82, 2.24) is 25.9 Å². The number of carboxylic acids is 1. The maximum Gasteiger partial charge on any atom is 0.305 e. The Labute approximate surface area is 213 Å². The van der Waals surface area contributed by atoms with E-state index in [9.17, 15) is 29.1 Å². The van der Waals surface area contributed by atoms with Gasteiger partial charge in [-0.05, 0) is 30.0 Å². The van der Waals surface area contributed by atoms with E-state index in [0.29, 0.717) is 17.5 Å². The molecule has 0 bridgehead atoms. The Kier molecular flexibility index (Phi) is 10.8. The minimum atomic E-state index is -1.29. The van der Waals surface area contributed by atoms with Gasteiger partial charge in [0.1, 0.15) is 24.1 Å². The number of carbonyl (C=O) groups is 5. The second-order valence-electron chi connectivity index (χ2n) is 8.88. The highest BCUT2D eigenvalue weighted by molar-refractivity contribution is 5.94. The summed E-state index contributed by atoms with van der Waals surface area (Å²) in [6.45, 7) is 3.40. The molecular weight excluding hydrogens is 484 g/mol. The van der Waals surface area contributed by atoms with Gasteiger partial charge >= 0.3 is 5.97 Å². The number of rotatable bonds is 14. The molecule has 0 aliphatic carbocycles. The summed E-state index contributed by atoms with van der Waals surface area (Å²) in [6.07, 6.45) is 2.69. The molecule has 3 amide bonds. The zero-order valence-corrected chi connectivity index (χ0v) is 20.5. The molecule has 13 nitrogen and oxygen atoms in total. The molecule has 8 N–H and O–H groups in total. The number of H-pyrrole nitrogens is 1. The molecule has 0 saturated heterocycles. The number of aliphatic carboxylic acids is 1. The molecule has 2 rings (SSSR count). The molecule has 0 saturated carbocycles. The van der Waals surface area contributed by atoms with Crippen LogP contribution in [0, 0.1) is 5.92 Å². The standard InChI is InChI=1S/C24H32N6O7/c1-13(2)21(30-22(35)18(25)7-14-3-5-17(32)6-4-14)24(37)29-19(8-15-10-26-12-27-15)23(36)28-16(11-31)9-20(33)34/h3-6,10-13,16,18-19,21,32H,7-9,25H2,1-2H3,(H,26,27)(H,28,36)(H,29,37)(H,30,35)(H,33,34)/t16?,18-,19-,21-/m0/s1. The molecule has 0 aliphatic heterocycles. The number of nitrogens with one attached hydrogen (secondary N) is 4. The largest absolute Gasteiger partial charge is 0.508 e. The van der Waals surface area contributed by atoms with E-state index in [2.05, 4.69) is 25.9 Å². The van der Waals surface area contributed by atoms with Crippen LogP contribution in [-0.4, -0.2) is 74.3 Å². The number of aromatic nitrogens is 2. The van der Waals surface area contributed by atoms with Gasteiger partial charge in [-0.15, -0.1) is 0 Å². The van der Waals surface area contributed by atoms with Crippen molar-refractivity contribution in [2.75, 3.05) is 0 Å². The number of aldehydes is 1. The summed E-state index contributed by atoms with van der Waals surface area (Å²) in [5, 5.41) is 25.8. The fraction of sp³-hybridized carbons (Fsp3) is 0.417. The topological polar surface area (TPSA) is 217 Å². The van der Waals surface area contributed by atoms with Gasteiger partial charge < -0.3 is 41.7 Å². The third-order valence-electron chi connectivity index (χ3n) is 5.46. The monoisotopic (exact) mass is 516 g/mol. The van der Waals surface area contributed by atoms with Crippen molar-refractivity contribution in [2.45, 2.75) is 57.3 Å². The first-order chi connectivity index (χ1) is 17.5. The molecule has 0 spiro atoms. The van der Waals surface area contributed by atoms with E-state index in [1.54, 1.807) is 26.0 Å². The zero-order valence-electron chi connectivity index (χ0n) is 20.5. The van der Waals surface area contributed by atoms with Gasteiger partial charge in [-0.3, -0.25) is 19.2 Å². The number of hydrogen-bond donors (Lipinski definition) is 7. The Morgan fingerprint density at radius 2 is 1.70 bits per heavy atom. The number of aromatic hydroxyl groups is 1. The Morgan fingerprint density at radius 3 is 2.24 bits per heavy atom. The van der Waals surface area contributed by atoms with Crippen LogP contribution in [0.1, 0.15) is 31.5 Å². The van der Waals surface area contributed by atoms with Gasteiger partial charge in [0.25, 0.3) is 0 Å². The molecule has 1 aromatic carbocycles. The smallest absolute Gasteiger partial charge is 0.305 e. The van der Waals surface area contributed by atoms with E-state index in [-0.39, 0.29) is 24.5 Å². The SMILES string of the molecule is CC(C)[C@H](NC(=O)[C@@H](N)Cc1ccc(O)cc1)C(=O)N[C@@H](Cc1c[nH]cn1)C(=O)NC(C=O)CC(=O)O. The number of imidazole rings is 1. The van der Waals surface area contributed by atoms with Crippen LogP contribution in [0.5, 0.6) is 5.75 Å². The third-order valence-corrected chi connectivity index (χ3v) is 5.46. The maximum atomic E-state index is 13.1. The lowest BCUT2D eigenvalue weighted by molar-refractivity contribution is -0.139. The number of aromatic amines is 1. The third kappa shape index (κ3) is 9.37. The average molecular weight is 517 g/mol. The van der Waals surface area contributed by atoms with Crippen LogP contribution >= 0.6 is 0 Å². The Morgan fingerprint density at radius 1 is 1.03 bits per heavy atom. The molecule has 200 valence electrons. The summed E-state index contributed by atoms with van der Waals surface area (Å²) in [5.41, 5.74) is 7.17. The number of carbonyl (C=O) groups excluding carboxylic acids is 4. The molecule has 1 aromatic heterocycles. The molecular formula is C24H32N6O7. The first-order valence-corrected chi connectivity index (χ1v) is 11.6. The number of phenols is 1. The molecule has 13 heteroatoms. The maximum absolute atomic E-state index is 13.1. The summed E-state index contributed by atoms with van der Waals surface area (Å²) >= 11 is 0. The zero-order chi connectivity index (χ0) is 27.5. The Bertz CT molecular complexity index is 1070. The van der Waals surface area contributed by atoms with E-state index < -0.39 is 54.3 Å². The lowest BCUT2D eigenvalue weighted by Crippen LogP contribution is -2.58. The molecule has 2 aromatic rings. The van der Waals surface area contributed by atoms with Crippen LogP contribution in [0.4, 0.5) is 0 Å². The van der Waals surface area contributed by atoms with Crippen LogP contribution in [0.2, 0.25) is 0 Å². The van der Waals surface area contributed by atoms with E-state index in [0.717, 1.165) is 0 Å². The molecule has 1 heterocycles. The van der Waals surface area contributed by atoms with E-state index in [4.69, 9.17) is 10.8 Å². The number of hydrogen-bond acceptors (Lipinski definition) is 8. The van der Waals surface area contributed by atoms with E-state index in [1.807, 2.05) is 0 Å². The van der Waals surface area contributed by atoms with Crippen LogP contribution in [0.25, 0.3) is 0 Å². The second-order valence-corrected chi connectivity index (χ2v) is 8.88. The van der Waals surface area contributed by atoms with Crippen molar-refractivity contribution < 1.29 is 34.2 Å². The molecule has 37 heavy (non-hydrogen) atoms. The predicted octanol–water partition coefficient (Wildman–Crippen LogP) is -0.988. The fourth-order valence-electron chi connectivity index (χ4n) is 3.46. The van der Waals surface area contributed by atoms with E-state index >= 15 is 0 Å². The van der Waals surface area contributed by atoms with Gasteiger partial charge in [0.2, 0.25) is 17.7 Å². The van der Waals surface area contributed by atoms with Crippen LogP contribution < -0.4 is 21.7 Å². The average Bonchev–Trinajstić information content (AvgIpc) is 3.35. The highest BCUT2D eigenvalue weighted by Crippen LogP contribution is 2.12. The first-order valence-electron chi connectivity index (χ1n) is 11.6. The fourth-order valence-corrected chi connectivity index (χ4v) is 3.46. The Balaban J connectivity index is 2.11. The van der Waals surface area contributed by atoms with Crippen molar-refractivity contribution in [3.63, 3.8) is 0 Å². The molecule has 0 radical (unpaired) electrons. The van der Waals surface area contributed by atoms with Crippen molar-refractivity contribution in [1.29, 1.82) is 0 Å². The first kappa shape index (κ1) is 29.0. The highest BCUT2D eigenvalue weighted by Gasteiger charge is 2.31. The Hall–Kier alpha value is -4.26. The minimum Gasteiger partial charge on any atom is -0.508 e. The normalized spacial score (nSPS) is 14.2. The number of benzene rings is 1. The summed E-state index contributed by atoms with van der Waals surface area (Å²) in [6, 6.07) is 1.67. The second kappa shape index (κ2) is 13.7. The summed E-state index contributed by atoms with van der Waals surface area (Å²) in [7, 11) is 0. The summed E-state index contributed by atoms with van der Waals surface area (Å²) in [4.78, 5) is 67.7. The summed E-state index contributed by atoms with van der Waals surface area (Å²) < 4.78 is 0. The van der Waals surface area contributed by atoms with Gasteiger partial charge in [-0.2, -0.15) is 0 Å². The number of nitrogens with two attached hydrogens (primary N) is 1. The molecule has 1 unspecified atom stereocenters. The van der Waals surface area contributed by atoms with Crippen molar-refractivity contribution in [3.8, 4) is 5.75 Å². The quantitative estimate of drug-likeness (QED) is 0.153. The van der Waals surface area contributed by atoms with Crippen molar-refractivity contribution in [3.05, 3.63) is 48.0 Å². The van der Waals surface area contributed by atoms with Gasteiger partial charge in [0, 0.05) is 12.6 Å². The van der Waals surface area contributed by atoms with Gasteiger partial charge in [-0.1, -0.05) is 26.0 Å². The number of phenolic OH excluding ortho intramolecular Hbond substituents is 1. The minimum absolute atomic E-state index is 0.0567. The lowest BCUT2D eigenvalue weighted by Gasteiger charge is -2.26. The number of nitrogens with zero attached hydrogens (tertiary/aromatic N) is 1. The molecule has 0 fully saturated rings. The predicted molar refractivity (Wildman–Crippen MR) is 131 cm³/mol. The van der Waals surface area contributed by atoms with Crippen LogP contribution in [0.3, 0.4) is 0 Å². The van der Waals surface area contributed by atoms with Gasteiger partial charge in [-0.25, -0.2) is 4.98 Å².